The van der Waals surface area contributed by atoms with Gasteiger partial charge in [-0.2, -0.15) is 0 Å². The van der Waals surface area contributed by atoms with E-state index in [4.69, 9.17) is 0 Å². The Morgan fingerprint density at radius 1 is 1.25 bits per heavy atom. The van der Waals surface area contributed by atoms with Crippen molar-refractivity contribution in [2.24, 2.45) is 5.92 Å². The highest BCUT2D eigenvalue weighted by Crippen LogP contribution is 2.33. The van der Waals surface area contributed by atoms with Gasteiger partial charge >= 0.3 is 0 Å². The molecule has 0 spiro atoms. The summed E-state index contributed by atoms with van der Waals surface area (Å²) in [5.41, 5.74) is 2.95. The summed E-state index contributed by atoms with van der Waals surface area (Å²) >= 11 is 0. The van der Waals surface area contributed by atoms with Crippen molar-refractivity contribution in [1.82, 2.24) is 5.32 Å². The highest BCUT2D eigenvalue weighted by Gasteiger charge is 2.23. The predicted molar refractivity (Wildman–Crippen MR) is 69.5 cm³/mol. The minimum absolute atomic E-state index is 0.664. The maximum absolute atomic E-state index is 3.64. The molecule has 0 radical (unpaired) electrons. The summed E-state index contributed by atoms with van der Waals surface area (Å²) in [7, 11) is 0. The molecule has 1 saturated carbocycles. The third-order valence-corrected chi connectivity index (χ3v) is 3.52. The zero-order valence-electron chi connectivity index (χ0n) is 10.5. The van der Waals surface area contributed by atoms with E-state index in [0.29, 0.717) is 6.04 Å². The van der Waals surface area contributed by atoms with Crippen LogP contribution in [-0.4, -0.2) is 6.04 Å². The van der Waals surface area contributed by atoms with Crippen LogP contribution in [0.2, 0.25) is 0 Å². The molecule has 0 bridgehead atoms. The van der Waals surface area contributed by atoms with Crippen LogP contribution in [0.5, 0.6) is 0 Å². The van der Waals surface area contributed by atoms with Crippen molar-refractivity contribution in [3.63, 3.8) is 0 Å². The Labute approximate surface area is 99.3 Å². The van der Waals surface area contributed by atoms with Crippen molar-refractivity contribution in [2.75, 3.05) is 0 Å². The molecule has 1 nitrogen and oxygen atoms in total. The van der Waals surface area contributed by atoms with Crippen LogP contribution in [0.3, 0.4) is 0 Å². The minimum Gasteiger partial charge on any atom is -0.310 e. The topological polar surface area (TPSA) is 12.0 Å². The van der Waals surface area contributed by atoms with Crippen LogP contribution in [0.15, 0.2) is 24.3 Å². The molecule has 1 aliphatic carbocycles. The molecule has 0 heterocycles. The Hall–Kier alpha value is -0.820. The quantitative estimate of drug-likeness (QED) is 0.768. The van der Waals surface area contributed by atoms with E-state index in [-0.39, 0.29) is 0 Å². The first-order valence-electron chi connectivity index (χ1n) is 6.59. The Morgan fingerprint density at radius 2 is 1.94 bits per heavy atom. The number of hydrogen-bond acceptors (Lipinski definition) is 1. The average Bonchev–Trinajstić information content (AvgIpc) is 3.10. The first kappa shape index (κ1) is 11.7. The average molecular weight is 217 g/mol. The molecule has 1 unspecified atom stereocenters. The van der Waals surface area contributed by atoms with Gasteiger partial charge in [0.05, 0.1) is 0 Å². The van der Waals surface area contributed by atoms with Gasteiger partial charge in [-0.1, -0.05) is 44.0 Å². The molecule has 0 amide bonds. The molecule has 0 saturated heterocycles. The van der Waals surface area contributed by atoms with Gasteiger partial charge in [0.2, 0.25) is 0 Å². The normalized spacial score (nSPS) is 17.4. The molecule has 16 heavy (non-hydrogen) atoms. The molecule has 1 aromatic carbocycles. The van der Waals surface area contributed by atoms with Gasteiger partial charge in [0.1, 0.15) is 0 Å². The second-order valence-electron chi connectivity index (χ2n) is 5.08. The summed E-state index contributed by atoms with van der Waals surface area (Å²) in [5.74, 6) is 1.02. The van der Waals surface area contributed by atoms with Crippen molar-refractivity contribution in [1.29, 1.82) is 0 Å². The van der Waals surface area contributed by atoms with Gasteiger partial charge < -0.3 is 5.32 Å². The molecule has 1 N–H and O–H groups in total. The molecule has 1 aromatic rings. The van der Waals surface area contributed by atoms with Crippen molar-refractivity contribution in [3.8, 4) is 0 Å². The summed E-state index contributed by atoms with van der Waals surface area (Å²) in [4.78, 5) is 0. The van der Waals surface area contributed by atoms with E-state index in [1.54, 1.807) is 0 Å². The fraction of sp³-hybridized carbons (Fsp3) is 0.600. The Bertz CT molecular complexity index is 328. The molecule has 1 aliphatic rings. The second-order valence-corrected chi connectivity index (χ2v) is 5.08. The van der Waals surface area contributed by atoms with Crippen molar-refractivity contribution in [2.45, 2.75) is 52.1 Å². The molecule has 2 rings (SSSR count). The van der Waals surface area contributed by atoms with E-state index in [1.807, 2.05) is 0 Å². The van der Waals surface area contributed by atoms with E-state index in [1.165, 1.54) is 30.4 Å². The fourth-order valence-electron chi connectivity index (χ4n) is 2.30. The van der Waals surface area contributed by atoms with E-state index in [0.717, 1.165) is 18.9 Å². The number of nitrogens with one attached hydrogen (secondary N) is 1. The lowest BCUT2D eigenvalue weighted by Crippen LogP contribution is -2.26. The summed E-state index contributed by atoms with van der Waals surface area (Å²) in [6.45, 7) is 5.57. The van der Waals surface area contributed by atoms with Gasteiger partial charge in [0.25, 0.3) is 0 Å². The molecule has 0 aromatic heterocycles. The van der Waals surface area contributed by atoms with Crippen LogP contribution in [0, 0.1) is 5.92 Å². The minimum atomic E-state index is 0.664. The van der Waals surface area contributed by atoms with E-state index < -0.39 is 0 Å². The standard InChI is InChI=1S/C15H23N/c1-3-14-6-4-5-7-15(14)11-16-12(2)10-13-8-9-13/h4-7,12-13,16H,3,8-11H2,1-2H3. The van der Waals surface area contributed by atoms with Crippen molar-refractivity contribution in [3.05, 3.63) is 35.4 Å². The fourth-order valence-corrected chi connectivity index (χ4v) is 2.30. The number of aryl methyl sites for hydroxylation is 1. The lowest BCUT2D eigenvalue weighted by atomic mass is 10.0. The summed E-state index contributed by atoms with van der Waals surface area (Å²) in [6, 6.07) is 9.42. The van der Waals surface area contributed by atoms with Crippen LogP contribution in [-0.2, 0) is 13.0 Å². The zero-order valence-corrected chi connectivity index (χ0v) is 10.5. The zero-order chi connectivity index (χ0) is 11.4. The molecule has 88 valence electrons. The summed E-state index contributed by atoms with van der Waals surface area (Å²) in [6.07, 6.45) is 5.40. The maximum Gasteiger partial charge on any atom is 0.0210 e. The Balaban J connectivity index is 1.82. The van der Waals surface area contributed by atoms with Crippen LogP contribution < -0.4 is 5.32 Å². The lowest BCUT2D eigenvalue weighted by Gasteiger charge is -2.15. The van der Waals surface area contributed by atoms with Crippen LogP contribution in [0.25, 0.3) is 0 Å². The molecular weight excluding hydrogens is 194 g/mol. The summed E-state index contributed by atoms with van der Waals surface area (Å²) < 4.78 is 0. The monoisotopic (exact) mass is 217 g/mol. The van der Waals surface area contributed by atoms with Crippen LogP contribution in [0.1, 0.15) is 44.2 Å². The maximum atomic E-state index is 3.64. The first-order chi connectivity index (χ1) is 7.79. The number of hydrogen-bond donors (Lipinski definition) is 1. The first-order valence-corrected chi connectivity index (χ1v) is 6.59. The van der Waals surface area contributed by atoms with E-state index in [2.05, 4.69) is 43.4 Å². The van der Waals surface area contributed by atoms with Gasteiger partial charge in [-0.05, 0) is 36.8 Å². The third-order valence-electron chi connectivity index (χ3n) is 3.52. The smallest absolute Gasteiger partial charge is 0.0210 e. The molecule has 1 heteroatoms. The highest BCUT2D eigenvalue weighted by atomic mass is 14.9. The van der Waals surface area contributed by atoms with Gasteiger partial charge in [0.15, 0.2) is 0 Å². The van der Waals surface area contributed by atoms with E-state index in [9.17, 15) is 0 Å². The second kappa shape index (κ2) is 5.49. The third kappa shape index (κ3) is 3.34. The SMILES string of the molecule is CCc1ccccc1CNC(C)CC1CC1. The van der Waals surface area contributed by atoms with Gasteiger partial charge in [-0.15, -0.1) is 0 Å². The van der Waals surface area contributed by atoms with Crippen molar-refractivity contribution < 1.29 is 0 Å². The molecule has 1 atom stereocenters. The van der Waals surface area contributed by atoms with Crippen LogP contribution in [0.4, 0.5) is 0 Å². The molecule has 0 aliphatic heterocycles. The largest absolute Gasteiger partial charge is 0.310 e. The van der Waals surface area contributed by atoms with Gasteiger partial charge in [0, 0.05) is 12.6 Å². The highest BCUT2D eigenvalue weighted by molar-refractivity contribution is 5.26. The summed E-state index contributed by atoms with van der Waals surface area (Å²) in [5, 5.41) is 3.64. The Kier molecular flexibility index (Phi) is 4.00. The molecule has 1 fully saturated rings. The van der Waals surface area contributed by atoms with E-state index >= 15 is 0 Å². The number of benzene rings is 1. The Morgan fingerprint density at radius 3 is 2.56 bits per heavy atom. The van der Waals surface area contributed by atoms with Gasteiger partial charge in [-0.25, -0.2) is 0 Å². The van der Waals surface area contributed by atoms with Gasteiger partial charge in [-0.3, -0.25) is 0 Å². The van der Waals surface area contributed by atoms with Crippen LogP contribution >= 0.6 is 0 Å². The number of rotatable bonds is 6. The van der Waals surface area contributed by atoms with Crippen molar-refractivity contribution >= 4 is 0 Å². The lowest BCUT2D eigenvalue weighted by molar-refractivity contribution is 0.486. The predicted octanol–water partition coefficient (Wildman–Crippen LogP) is 3.53. The molecular formula is C15H23N.